The molecule has 0 radical (unpaired) electrons. The molecule has 0 aliphatic heterocycles. The summed E-state index contributed by atoms with van der Waals surface area (Å²) in [7, 11) is 3.25. The second kappa shape index (κ2) is 47.5. The SMILES string of the molecule is CC=CC.CCC.COC.[W]. The molecule has 0 rings (SSSR count). The Balaban J connectivity index is -0.0000000325. The summed E-state index contributed by atoms with van der Waals surface area (Å²) in [6.07, 6.45) is 5.25. The Kier molecular flexibility index (Phi) is 97.3. The average molecular weight is 330 g/mol. The number of hydrogen-bond donors (Lipinski definition) is 0. The maximum absolute atomic E-state index is 4.25. The summed E-state index contributed by atoms with van der Waals surface area (Å²) < 4.78 is 4.25. The Morgan fingerprint density at radius 2 is 1.09 bits per heavy atom. The molecule has 0 N–H and O–H groups in total. The summed E-state index contributed by atoms with van der Waals surface area (Å²) in [4.78, 5) is 0. The van der Waals surface area contributed by atoms with E-state index in [1.165, 1.54) is 6.42 Å². The molecular weight excluding hydrogens is 308 g/mol. The second-order valence-electron chi connectivity index (χ2n) is 1.78. The summed E-state index contributed by atoms with van der Waals surface area (Å²) in [6.45, 7) is 8.25. The summed E-state index contributed by atoms with van der Waals surface area (Å²) in [5, 5.41) is 0. The molecule has 0 saturated heterocycles. The molecule has 0 aliphatic carbocycles. The molecule has 0 aromatic heterocycles. The number of ether oxygens (including phenoxy) is 1. The van der Waals surface area contributed by atoms with Crippen molar-refractivity contribution in [1.29, 1.82) is 0 Å². The van der Waals surface area contributed by atoms with Gasteiger partial charge in [-0.25, -0.2) is 0 Å². The van der Waals surface area contributed by atoms with Crippen molar-refractivity contribution >= 4 is 0 Å². The molecule has 0 amide bonds. The zero-order chi connectivity index (χ0) is 8.83. The van der Waals surface area contributed by atoms with Crippen LogP contribution in [0, 0.1) is 0 Å². The molecule has 0 heterocycles. The van der Waals surface area contributed by atoms with Crippen LogP contribution in [0.1, 0.15) is 34.1 Å². The number of allylic oxidation sites excluding steroid dienone is 2. The molecule has 1 nitrogen and oxygen atoms in total. The van der Waals surface area contributed by atoms with E-state index in [0.29, 0.717) is 0 Å². The first-order valence-electron chi connectivity index (χ1n) is 3.72. The maximum atomic E-state index is 4.25. The number of rotatable bonds is 0. The van der Waals surface area contributed by atoms with Crippen LogP contribution in [0.2, 0.25) is 0 Å². The molecule has 0 aliphatic rings. The van der Waals surface area contributed by atoms with Gasteiger partial charge in [-0.05, 0) is 13.8 Å². The fourth-order valence-corrected chi connectivity index (χ4v) is 0. The van der Waals surface area contributed by atoms with Crippen LogP contribution in [0.25, 0.3) is 0 Å². The minimum absolute atomic E-state index is 0. The Morgan fingerprint density at radius 1 is 1.00 bits per heavy atom. The minimum atomic E-state index is 0. The van der Waals surface area contributed by atoms with E-state index < -0.39 is 0 Å². The third-order valence-corrected chi connectivity index (χ3v) is 0.333. The van der Waals surface area contributed by atoms with E-state index in [0.717, 1.165) is 0 Å². The molecule has 0 aromatic rings. The van der Waals surface area contributed by atoms with Crippen LogP contribution < -0.4 is 0 Å². The van der Waals surface area contributed by atoms with Crippen LogP contribution >= 0.6 is 0 Å². The molecule has 2 heteroatoms. The van der Waals surface area contributed by atoms with Gasteiger partial charge < -0.3 is 4.74 Å². The zero-order valence-corrected chi connectivity index (χ0v) is 11.6. The van der Waals surface area contributed by atoms with Gasteiger partial charge in [0, 0.05) is 35.3 Å². The number of hydrogen-bond acceptors (Lipinski definition) is 1. The predicted molar refractivity (Wildman–Crippen MR) is 49.4 cm³/mol. The largest absolute Gasteiger partial charge is 0.388 e. The van der Waals surface area contributed by atoms with E-state index in [9.17, 15) is 0 Å². The van der Waals surface area contributed by atoms with E-state index in [4.69, 9.17) is 0 Å². The third-order valence-electron chi connectivity index (χ3n) is 0.333. The van der Waals surface area contributed by atoms with Gasteiger partial charge >= 0.3 is 0 Å². The predicted octanol–water partition coefficient (Wildman–Crippen LogP) is 3.26. The molecule has 11 heavy (non-hydrogen) atoms. The fourth-order valence-electron chi connectivity index (χ4n) is 0. The molecular formula is C9H22OW. The maximum Gasteiger partial charge on any atom is 0.0351 e. The van der Waals surface area contributed by atoms with Crippen LogP contribution in [0.5, 0.6) is 0 Å². The van der Waals surface area contributed by atoms with Crippen molar-refractivity contribution in [3.8, 4) is 0 Å². The van der Waals surface area contributed by atoms with Gasteiger partial charge in [0.15, 0.2) is 0 Å². The number of methoxy groups -OCH3 is 1. The third kappa shape index (κ3) is 379. The summed E-state index contributed by atoms with van der Waals surface area (Å²) in [6, 6.07) is 0. The molecule has 0 unspecified atom stereocenters. The van der Waals surface area contributed by atoms with Crippen LogP contribution in [0.4, 0.5) is 0 Å². The summed E-state index contributed by atoms with van der Waals surface area (Å²) in [5.41, 5.74) is 0. The van der Waals surface area contributed by atoms with Gasteiger partial charge in [-0.1, -0.05) is 32.4 Å². The van der Waals surface area contributed by atoms with Crippen molar-refractivity contribution in [3.05, 3.63) is 12.2 Å². The Hall–Kier alpha value is 0.388. The van der Waals surface area contributed by atoms with Crippen molar-refractivity contribution in [3.63, 3.8) is 0 Å². The first-order chi connectivity index (χ1) is 4.74. The van der Waals surface area contributed by atoms with Gasteiger partial charge in [0.2, 0.25) is 0 Å². The minimum Gasteiger partial charge on any atom is -0.388 e. The Bertz CT molecular complexity index is 38.8. The first kappa shape index (κ1) is 22.5. The molecule has 70 valence electrons. The van der Waals surface area contributed by atoms with Crippen LogP contribution in [-0.4, -0.2) is 14.2 Å². The van der Waals surface area contributed by atoms with E-state index in [-0.39, 0.29) is 21.1 Å². The topological polar surface area (TPSA) is 9.23 Å². The van der Waals surface area contributed by atoms with Crippen molar-refractivity contribution in [2.24, 2.45) is 0 Å². The average Bonchev–Trinajstić information content (AvgIpc) is 1.91. The van der Waals surface area contributed by atoms with Crippen molar-refractivity contribution in [1.82, 2.24) is 0 Å². The first-order valence-corrected chi connectivity index (χ1v) is 3.72. The van der Waals surface area contributed by atoms with Gasteiger partial charge in [-0.2, -0.15) is 0 Å². The van der Waals surface area contributed by atoms with Crippen LogP contribution in [0.3, 0.4) is 0 Å². The summed E-state index contributed by atoms with van der Waals surface area (Å²) >= 11 is 0. The van der Waals surface area contributed by atoms with Gasteiger partial charge in [0.25, 0.3) is 0 Å². The van der Waals surface area contributed by atoms with E-state index in [1.54, 1.807) is 14.2 Å². The normalized spacial score (nSPS) is 6.73. The van der Waals surface area contributed by atoms with Gasteiger partial charge in [-0.3, -0.25) is 0 Å². The van der Waals surface area contributed by atoms with Crippen molar-refractivity contribution < 1.29 is 25.8 Å². The van der Waals surface area contributed by atoms with E-state index in [1.807, 2.05) is 26.0 Å². The van der Waals surface area contributed by atoms with Gasteiger partial charge in [-0.15, -0.1) is 0 Å². The van der Waals surface area contributed by atoms with Crippen molar-refractivity contribution in [2.75, 3.05) is 14.2 Å². The van der Waals surface area contributed by atoms with E-state index in [2.05, 4.69) is 18.6 Å². The standard InChI is InChI=1S/C4H8.C3H8.C2H6O.W/c1-3-4-2;2*1-3-2;/h3-4H,1-2H3;3H2,1-2H3;1-2H3;. The molecule has 0 spiro atoms. The van der Waals surface area contributed by atoms with Gasteiger partial charge in [0.1, 0.15) is 0 Å². The van der Waals surface area contributed by atoms with E-state index >= 15 is 0 Å². The second-order valence-corrected chi connectivity index (χ2v) is 1.78. The quantitative estimate of drug-likeness (QED) is 0.620. The van der Waals surface area contributed by atoms with Crippen molar-refractivity contribution in [2.45, 2.75) is 34.1 Å². The fraction of sp³-hybridized carbons (Fsp3) is 0.778. The molecule has 0 bridgehead atoms. The molecule has 0 atom stereocenters. The Labute approximate surface area is 86.5 Å². The smallest absolute Gasteiger partial charge is 0.0351 e. The van der Waals surface area contributed by atoms with Crippen LogP contribution in [0.15, 0.2) is 12.2 Å². The molecule has 0 aromatic carbocycles. The van der Waals surface area contributed by atoms with Gasteiger partial charge in [0.05, 0.1) is 0 Å². The van der Waals surface area contributed by atoms with Crippen LogP contribution in [-0.2, 0) is 25.8 Å². The Morgan fingerprint density at radius 3 is 1.09 bits per heavy atom. The summed E-state index contributed by atoms with van der Waals surface area (Å²) in [5.74, 6) is 0. The molecule has 0 saturated carbocycles. The molecule has 0 fully saturated rings. The monoisotopic (exact) mass is 330 g/mol. The zero-order valence-electron chi connectivity index (χ0n) is 8.68.